The van der Waals surface area contributed by atoms with E-state index in [1.807, 2.05) is 0 Å². The van der Waals surface area contributed by atoms with E-state index in [0.29, 0.717) is 30.0 Å². The fourth-order valence-corrected chi connectivity index (χ4v) is 4.59. The first-order chi connectivity index (χ1) is 11.4. The Hall–Kier alpha value is -1.64. The zero-order valence-electron chi connectivity index (χ0n) is 12.8. The Bertz CT molecular complexity index is 774. The fourth-order valence-electron chi connectivity index (χ4n) is 2.80. The molecule has 3 rings (SSSR count). The number of halogens is 1. The SMILES string of the molecule is O=C(CN1C(=O)c2ccc(Cl)cc2S1(=O)=O)NCC1CCOCC1. The van der Waals surface area contributed by atoms with Crippen LogP contribution in [0.25, 0.3) is 0 Å². The molecule has 1 saturated heterocycles. The van der Waals surface area contributed by atoms with Crippen molar-refractivity contribution in [1.82, 2.24) is 9.62 Å². The van der Waals surface area contributed by atoms with Crippen LogP contribution in [-0.4, -0.2) is 50.8 Å². The number of carbonyl (C=O) groups excluding carboxylic acids is 2. The number of benzene rings is 1. The van der Waals surface area contributed by atoms with Gasteiger partial charge in [0.25, 0.3) is 15.9 Å². The Morgan fingerprint density at radius 1 is 1.33 bits per heavy atom. The molecule has 2 heterocycles. The van der Waals surface area contributed by atoms with Gasteiger partial charge in [-0.15, -0.1) is 0 Å². The maximum absolute atomic E-state index is 12.4. The van der Waals surface area contributed by atoms with Crippen LogP contribution in [0.5, 0.6) is 0 Å². The van der Waals surface area contributed by atoms with Crippen molar-refractivity contribution in [2.24, 2.45) is 5.92 Å². The highest BCUT2D eigenvalue weighted by Gasteiger charge is 2.42. The monoisotopic (exact) mass is 372 g/mol. The molecule has 1 N–H and O–H groups in total. The molecule has 0 radical (unpaired) electrons. The number of hydrogen-bond acceptors (Lipinski definition) is 5. The van der Waals surface area contributed by atoms with Crippen molar-refractivity contribution >= 4 is 33.4 Å². The lowest BCUT2D eigenvalue weighted by atomic mass is 10.0. The van der Waals surface area contributed by atoms with Gasteiger partial charge in [-0.25, -0.2) is 12.7 Å². The summed E-state index contributed by atoms with van der Waals surface area (Å²) in [5.41, 5.74) is 0.0385. The first-order valence-electron chi connectivity index (χ1n) is 7.60. The average molecular weight is 373 g/mol. The molecule has 130 valence electrons. The third-order valence-electron chi connectivity index (χ3n) is 4.18. The number of amides is 2. The average Bonchev–Trinajstić information content (AvgIpc) is 2.74. The molecule has 1 aromatic carbocycles. The van der Waals surface area contributed by atoms with E-state index in [4.69, 9.17) is 16.3 Å². The molecule has 2 amide bonds. The van der Waals surface area contributed by atoms with Crippen LogP contribution in [-0.2, 0) is 19.6 Å². The minimum Gasteiger partial charge on any atom is -0.381 e. The second-order valence-corrected chi connectivity index (χ2v) is 8.08. The summed E-state index contributed by atoms with van der Waals surface area (Å²) in [6, 6.07) is 4.03. The molecular weight excluding hydrogens is 356 g/mol. The van der Waals surface area contributed by atoms with E-state index >= 15 is 0 Å². The van der Waals surface area contributed by atoms with E-state index < -0.39 is 28.4 Å². The van der Waals surface area contributed by atoms with Crippen LogP contribution in [0.3, 0.4) is 0 Å². The van der Waals surface area contributed by atoms with Gasteiger partial charge in [-0.3, -0.25) is 9.59 Å². The molecular formula is C15H17ClN2O5S. The lowest BCUT2D eigenvalue weighted by Gasteiger charge is -2.22. The van der Waals surface area contributed by atoms with Gasteiger partial charge in [0.15, 0.2) is 0 Å². The van der Waals surface area contributed by atoms with E-state index in [2.05, 4.69) is 5.32 Å². The first kappa shape index (κ1) is 17.2. The van der Waals surface area contributed by atoms with Gasteiger partial charge in [0.1, 0.15) is 11.4 Å². The number of fused-ring (bicyclic) bond motifs is 1. The quantitative estimate of drug-likeness (QED) is 0.852. The van der Waals surface area contributed by atoms with Gasteiger partial charge in [0, 0.05) is 24.8 Å². The Morgan fingerprint density at radius 2 is 2.04 bits per heavy atom. The summed E-state index contributed by atoms with van der Waals surface area (Å²) in [5, 5.41) is 2.92. The molecule has 2 aliphatic heterocycles. The standard InChI is InChI=1S/C15H17ClN2O5S/c16-11-1-2-12-13(7-11)24(21,22)18(15(12)20)9-14(19)17-8-10-3-5-23-6-4-10/h1-2,7,10H,3-6,8-9H2,(H,17,19). The van der Waals surface area contributed by atoms with Gasteiger partial charge >= 0.3 is 0 Å². The summed E-state index contributed by atoms with van der Waals surface area (Å²) in [6.07, 6.45) is 1.70. The largest absolute Gasteiger partial charge is 0.381 e. The van der Waals surface area contributed by atoms with Crippen molar-refractivity contribution in [1.29, 1.82) is 0 Å². The van der Waals surface area contributed by atoms with Crippen molar-refractivity contribution in [2.75, 3.05) is 26.3 Å². The van der Waals surface area contributed by atoms with Gasteiger partial charge in [-0.1, -0.05) is 11.6 Å². The van der Waals surface area contributed by atoms with E-state index in [9.17, 15) is 18.0 Å². The summed E-state index contributed by atoms with van der Waals surface area (Å²) in [4.78, 5) is 24.2. The van der Waals surface area contributed by atoms with E-state index in [0.717, 1.165) is 12.8 Å². The lowest BCUT2D eigenvalue weighted by molar-refractivity contribution is -0.121. The van der Waals surface area contributed by atoms with Crippen LogP contribution in [0.4, 0.5) is 0 Å². The number of nitrogens with zero attached hydrogens (tertiary/aromatic N) is 1. The minimum atomic E-state index is -4.04. The smallest absolute Gasteiger partial charge is 0.269 e. The number of ether oxygens (including phenoxy) is 1. The molecule has 0 aliphatic carbocycles. The molecule has 0 atom stereocenters. The van der Waals surface area contributed by atoms with Crippen molar-refractivity contribution in [2.45, 2.75) is 17.7 Å². The molecule has 1 fully saturated rings. The summed E-state index contributed by atoms with van der Waals surface area (Å²) >= 11 is 5.80. The van der Waals surface area contributed by atoms with Crippen molar-refractivity contribution in [3.8, 4) is 0 Å². The predicted molar refractivity (Wildman–Crippen MR) is 86.2 cm³/mol. The number of carbonyl (C=O) groups is 2. The number of rotatable bonds is 4. The number of nitrogens with one attached hydrogen (secondary N) is 1. The Balaban J connectivity index is 1.67. The van der Waals surface area contributed by atoms with Crippen LogP contribution >= 0.6 is 11.6 Å². The fraction of sp³-hybridized carbons (Fsp3) is 0.467. The topological polar surface area (TPSA) is 92.8 Å². The molecule has 24 heavy (non-hydrogen) atoms. The highest BCUT2D eigenvalue weighted by atomic mass is 35.5. The molecule has 0 unspecified atom stereocenters. The van der Waals surface area contributed by atoms with E-state index in [1.54, 1.807) is 0 Å². The maximum atomic E-state index is 12.4. The van der Waals surface area contributed by atoms with Gasteiger partial charge < -0.3 is 10.1 Å². The Morgan fingerprint density at radius 3 is 2.75 bits per heavy atom. The van der Waals surface area contributed by atoms with E-state index in [-0.39, 0.29) is 15.5 Å². The highest BCUT2D eigenvalue weighted by molar-refractivity contribution is 7.90. The highest BCUT2D eigenvalue weighted by Crippen LogP contribution is 2.31. The minimum absolute atomic E-state index is 0.0385. The normalized spacial score (nSPS) is 20.0. The van der Waals surface area contributed by atoms with E-state index in [1.165, 1.54) is 18.2 Å². The van der Waals surface area contributed by atoms with Crippen LogP contribution in [0.1, 0.15) is 23.2 Å². The van der Waals surface area contributed by atoms with Crippen molar-refractivity contribution in [3.63, 3.8) is 0 Å². The molecule has 1 aromatic rings. The van der Waals surface area contributed by atoms with Gasteiger partial charge in [-0.05, 0) is 37.0 Å². The van der Waals surface area contributed by atoms with Crippen LogP contribution in [0.2, 0.25) is 5.02 Å². The first-order valence-corrected chi connectivity index (χ1v) is 9.42. The summed E-state index contributed by atoms with van der Waals surface area (Å²) in [5.74, 6) is -0.898. The third-order valence-corrected chi connectivity index (χ3v) is 6.19. The number of hydrogen-bond donors (Lipinski definition) is 1. The molecule has 7 nitrogen and oxygen atoms in total. The molecule has 0 saturated carbocycles. The number of sulfonamides is 1. The van der Waals surface area contributed by atoms with Crippen molar-refractivity contribution < 1.29 is 22.7 Å². The molecule has 0 spiro atoms. The zero-order chi connectivity index (χ0) is 17.3. The molecule has 0 aromatic heterocycles. The third kappa shape index (κ3) is 3.26. The van der Waals surface area contributed by atoms with Gasteiger partial charge in [0.05, 0.1) is 5.56 Å². The summed E-state index contributed by atoms with van der Waals surface area (Å²) in [6.45, 7) is 1.24. The maximum Gasteiger partial charge on any atom is 0.269 e. The van der Waals surface area contributed by atoms with Gasteiger partial charge in [0.2, 0.25) is 5.91 Å². The van der Waals surface area contributed by atoms with Gasteiger partial charge in [-0.2, -0.15) is 0 Å². The molecule has 0 bridgehead atoms. The summed E-state index contributed by atoms with van der Waals surface area (Å²) < 4.78 is 30.7. The molecule has 2 aliphatic rings. The summed E-state index contributed by atoms with van der Waals surface area (Å²) in [7, 11) is -4.04. The second-order valence-electron chi connectivity index (χ2n) is 5.82. The lowest BCUT2D eigenvalue weighted by Crippen LogP contribution is -2.42. The van der Waals surface area contributed by atoms with Crippen LogP contribution < -0.4 is 5.32 Å². The Kier molecular flexibility index (Phi) is 4.80. The van der Waals surface area contributed by atoms with Crippen molar-refractivity contribution in [3.05, 3.63) is 28.8 Å². The molecule has 9 heteroatoms. The second kappa shape index (κ2) is 6.70. The Labute approximate surface area is 145 Å². The van der Waals surface area contributed by atoms with Crippen LogP contribution in [0, 0.1) is 5.92 Å². The van der Waals surface area contributed by atoms with Crippen LogP contribution in [0.15, 0.2) is 23.1 Å². The zero-order valence-corrected chi connectivity index (χ0v) is 14.4. The predicted octanol–water partition coefficient (Wildman–Crippen LogP) is 1.03.